The first-order valence-electron chi connectivity index (χ1n) is 9.77. The van der Waals surface area contributed by atoms with Gasteiger partial charge >= 0.3 is 0 Å². The maximum Gasteiger partial charge on any atom is 0.264 e. The lowest BCUT2D eigenvalue weighted by atomic mass is 10.2. The van der Waals surface area contributed by atoms with Crippen molar-refractivity contribution in [2.75, 3.05) is 21.9 Å². The molecule has 3 rings (SSSR count). The number of para-hydroxylation sites is 1. The highest BCUT2D eigenvalue weighted by Crippen LogP contribution is 2.31. The predicted molar refractivity (Wildman–Crippen MR) is 131 cm³/mol. The summed E-state index contributed by atoms with van der Waals surface area (Å²) in [6.45, 7) is 5.61. The fraction of sp³-hybridized carbons (Fsp3) is 0.286. The maximum absolute atomic E-state index is 13.4. The van der Waals surface area contributed by atoms with Gasteiger partial charge in [-0.05, 0) is 37.1 Å². The van der Waals surface area contributed by atoms with Crippen LogP contribution in [0.1, 0.15) is 19.4 Å². The quantitative estimate of drug-likeness (QED) is 0.318. The molecule has 170 valence electrons. The molecule has 0 spiro atoms. The second kappa shape index (κ2) is 10.7. The number of thioether (sulfide) groups is 1. The molecule has 0 atom stereocenters. The summed E-state index contributed by atoms with van der Waals surface area (Å²) in [5, 5.41) is 11.2. The molecular weight excluding hydrogens is 488 g/mol. The van der Waals surface area contributed by atoms with Crippen molar-refractivity contribution in [2.24, 2.45) is 5.92 Å². The molecule has 1 amide bonds. The second-order valence-electron chi connectivity index (χ2n) is 7.40. The molecule has 0 radical (unpaired) electrons. The summed E-state index contributed by atoms with van der Waals surface area (Å²) in [6, 6.07) is 12.9. The summed E-state index contributed by atoms with van der Waals surface area (Å²) in [5.74, 6) is 0.841. The van der Waals surface area contributed by atoms with Gasteiger partial charge < -0.3 is 0 Å². The Kier molecular flexibility index (Phi) is 8.16. The average molecular weight is 511 g/mol. The monoisotopic (exact) mass is 510 g/mol. The summed E-state index contributed by atoms with van der Waals surface area (Å²) in [6.07, 6.45) is 0. The minimum absolute atomic E-state index is 0.0686. The van der Waals surface area contributed by atoms with Crippen molar-refractivity contribution in [3.8, 4) is 0 Å². The van der Waals surface area contributed by atoms with Crippen LogP contribution in [0, 0.1) is 12.8 Å². The summed E-state index contributed by atoms with van der Waals surface area (Å²) in [4.78, 5) is 12.9. The van der Waals surface area contributed by atoms with Gasteiger partial charge in [-0.2, -0.15) is 0 Å². The van der Waals surface area contributed by atoms with Gasteiger partial charge in [0.2, 0.25) is 11.0 Å². The average Bonchev–Trinajstić information content (AvgIpc) is 3.18. The summed E-state index contributed by atoms with van der Waals surface area (Å²) >= 11 is 9.10. The molecule has 7 nitrogen and oxygen atoms in total. The first-order chi connectivity index (χ1) is 15.2. The van der Waals surface area contributed by atoms with Crippen LogP contribution in [-0.4, -0.2) is 36.8 Å². The van der Waals surface area contributed by atoms with Gasteiger partial charge in [0, 0.05) is 5.75 Å². The third-order valence-corrected chi connectivity index (χ3v) is 8.70. The van der Waals surface area contributed by atoms with Crippen LogP contribution in [-0.2, 0) is 14.8 Å². The van der Waals surface area contributed by atoms with Crippen LogP contribution >= 0.6 is 34.7 Å². The number of rotatable bonds is 9. The standard InChI is InChI=1S/C21H23ClN4O3S3/c1-14(2)13-30-21-25-24-20(31-21)23-19(27)12-26(18-7-5-4-6-17(18)22)32(28,29)16-10-8-15(3)9-11-16/h4-11,14H,12-13H2,1-3H3,(H,23,24,27). The lowest BCUT2D eigenvalue weighted by Crippen LogP contribution is -2.38. The third-order valence-electron chi connectivity index (χ3n) is 4.21. The van der Waals surface area contributed by atoms with Gasteiger partial charge in [-0.15, -0.1) is 10.2 Å². The number of carbonyl (C=O) groups excluding carboxylic acids is 1. The molecule has 1 heterocycles. The van der Waals surface area contributed by atoms with E-state index in [1.165, 1.54) is 23.5 Å². The van der Waals surface area contributed by atoms with Crippen molar-refractivity contribution in [3.05, 3.63) is 59.1 Å². The Morgan fingerprint density at radius 3 is 2.50 bits per heavy atom. The van der Waals surface area contributed by atoms with Gasteiger partial charge in [-0.1, -0.05) is 78.4 Å². The second-order valence-corrected chi connectivity index (χ2v) is 11.9. The molecule has 3 aromatic rings. The molecule has 0 aliphatic carbocycles. The zero-order valence-electron chi connectivity index (χ0n) is 17.8. The van der Waals surface area contributed by atoms with Crippen LogP contribution in [0.5, 0.6) is 0 Å². The SMILES string of the molecule is Cc1ccc(S(=O)(=O)N(CC(=O)Nc2nnc(SCC(C)C)s2)c2ccccc2Cl)cc1. The highest BCUT2D eigenvalue weighted by molar-refractivity contribution is 8.01. The maximum atomic E-state index is 13.4. The van der Waals surface area contributed by atoms with E-state index < -0.39 is 22.5 Å². The minimum Gasteiger partial charge on any atom is -0.299 e. The number of nitrogens with zero attached hydrogens (tertiary/aromatic N) is 3. The Hall–Kier alpha value is -2.14. The van der Waals surface area contributed by atoms with E-state index in [9.17, 15) is 13.2 Å². The van der Waals surface area contributed by atoms with E-state index in [1.807, 2.05) is 6.92 Å². The van der Waals surface area contributed by atoms with Gasteiger partial charge in [-0.3, -0.25) is 14.4 Å². The van der Waals surface area contributed by atoms with Crippen molar-refractivity contribution in [1.82, 2.24) is 10.2 Å². The number of halogens is 1. The summed E-state index contributed by atoms with van der Waals surface area (Å²) < 4.78 is 28.5. The molecule has 0 saturated carbocycles. The van der Waals surface area contributed by atoms with E-state index in [0.717, 1.165) is 20.0 Å². The topological polar surface area (TPSA) is 92.3 Å². The van der Waals surface area contributed by atoms with Crippen LogP contribution < -0.4 is 9.62 Å². The van der Waals surface area contributed by atoms with Crippen LogP contribution in [0.2, 0.25) is 5.02 Å². The van der Waals surface area contributed by atoms with Crippen molar-refractivity contribution in [1.29, 1.82) is 0 Å². The number of aryl methyl sites for hydroxylation is 1. The lowest BCUT2D eigenvalue weighted by molar-refractivity contribution is -0.114. The van der Waals surface area contributed by atoms with Crippen molar-refractivity contribution in [2.45, 2.75) is 30.0 Å². The first kappa shape index (κ1) is 24.5. The third kappa shape index (κ3) is 6.22. The van der Waals surface area contributed by atoms with Gasteiger partial charge in [0.25, 0.3) is 10.0 Å². The molecule has 1 N–H and O–H groups in total. The van der Waals surface area contributed by atoms with Crippen LogP contribution in [0.25, 0.3) is 0 Å². The van der Waals surface area contributed by atoms with Crippen molar-refractivity contribution < 1.29 is 13.2 Å². The Labute approximate surface area is 201 Å². The number of amides is 1. The molecular formula is C21H23ClN4O3S3. The van der Waals surface area contributed by atoms with Crippen molar-refractivity contribution in [3.63, 3.8) is 0 Å². The smallest absolute Gasteiger partial charge is 0.264 e. The Morgan fingerprint density at radius 2 is 1.84 bits per heavy atom. The molecule has 0 bridgehead atoms. The molecule has 0 fully saturated rings. The molecule has 0 aliphatic rings. The van der Waals surface area contributed by atoms with E-state index in [1.54, 1.807) is 48.2 Å². The van der Waals surface area contributed by atoms with E-state index in [4.69, 9.17) is 11.6 Å². The number of sulfonamides is 1. The number of aromatic nitrogens is 2. The fourth-order valence-corrected chi connectivity index (χ4v) is 6.11. The normalized spacial score (nSPS) is 11.5. The van der Waals surface area contributed by atoms with Gasteiger partial charge in [0.15, 0.2) is 4.34 Å². The zero-order valence-corrected chi connectivity index (χ0v) is 21.0. The van der Waals surface area contributed by atoms with Gasteiger partial charge in [-0.25, -0.2) is 8.42 Å². The van der Waals surface area contributed by atoms with E-state index in [-0.39, 0.29) is 15.6 Å². The van der Waals surface area contributed by atoms with Crippen LogP contribution in [0.3, 0.4) is 0 Å². The van der Waals surface area contributed by atoms with Crippen LogP contribution in [0.4, 0.5) is 10.8 Å². The lowest BCUT2D eigenvalue weighted by Gasteiger charge is -2.24. The molecule has 0 saturated heterocycles. The summed E-state index contributed by atoms with van der Waals surface area (Å²) in [5.41, 5.74) is 1.14. The number of carbonyl (C=O) groups is 1. The fourth-order valence-electron chi connectivity index (χ4n) is 2.64. The van der Waals surface area contributed by atoms with Gasteiger partial charge in [0.05, 0.1) is 15.6 Å². The number of nitrogens with one attached hydrogen (secondary N) is 1. The molecule has 0 aliphatic heterocycles. The van der Waals surface area contributed by atoms with E-state index in [0.29, 0.717) is 11.0 Å². The largest absolute Gasteiger partial charge is 0.299 e. The molecule has 11 heteroatoms. The van der Waals surface area contributed by atoms with E-state index in [2.05, 4.69) is 29.4 Å². The van der Waals surface area contributed by atoms with Gasteiger partial charge in [0.1, 0.15) is 6.54 Å². The summed E-state index contributed by atoms with van der Waals surface area (Å²) in [7, 11) is -4.04. The van der Waals surface area contributed by atoms with Crippen LogP contribution in [0.15, 0.2) is 57.8 Å². The molecule has 32 heavy (non-hydrogen) atoms. The van der Waals surface area contributed by atoms with E-state index >= 15 is 0 Å². The highest BCUT2D eigenvalue weighted by atomic mass is 35.5. The number of benzene rings is 2. The Morgan fingerprint density at radius 1 is 1.16 bits per heavy atom. The Bertz CT molecular complexity index is 1180. The zero-order chi connectivity index (χ0) is 23.3. The highest BCUT2D eigenvalue weighted by Gasteiger charge is 2.29. The molecule has 2 aromatic carbocycles. The van der Waals surface area contributed by atoms with Crippen molar-refractivity contribution >= 4 is 61.4 Å². The first-order valence-corrected chi connectivity index (χ1v) is 13.4. The predicted octanol–water partition coefficient (Wildman–Crippen LogP) is 5.08. The number of hydrogen-bond donors (Lipinski definition) is 1. The number of hydrogen-bond acceptors (Lipinski definition) is 7. The minimum atomic E-state index is -4.04. The Balaban J connectivity index is 1.84. The number of anilines is 2. The molecule has 0 unspecified atom stereocenters. The molecule has 1 aromatic heterocycles.